The molecule has 0 N–H and O–H groups in total. The molecule has 0 aliphatic heterocycles. The minimum absolute atomic E-state index is 0.419. The zero-order chi connectivity index (χ0) is 11.8. The number of aldehydes is 1. The van der Waals surface area contributed by atoms with E-state index >= 15 is 0 Å². The van der Waals surface area contributed by atoms with E-state index < -0.39 is 0 Å². The Labute approximate surface area is 95.0 Å². The summed E-state index contributed by atoms with van der Waals surface area (Å²) in [6.45, 7) is 10.9. The van der Waals surface area contributed by atoms with Crippen molar-refractivity contribution in [3.8, 4) is 0 Å². The zero-order valence-electron chi connectivity index (χ0n) is 10.9. The van der Waals surface area contributed by atoms with Crippen LogP contribution < -0.4 is 0 Å². The second-order valence-corrected chi connectivity index (χ2v) is 5.08. The van der Waals surface area contributed by atoms with Crippen LogP contribution in [0.5, 0.6) is 0 Å². The second kappa shape index (κ2) is 7.67. The van der Waals surface area contributed by atoms with Gasteiger partial charge in [0.1, 0.15) is 6.29 Å². The molecule has 1 heteroatoms. The van der Waals surface area contributed by atoms with E-state index in [0.717, 1.165) is 31.1 Å². The maximum absolute atomic E-state index is 11.0. The van der Waals surface area contributed by atoms with E-state index in [4.69, 9.17) is 0 Å². The molecule has 0 heterocycles. The Balaban J connectivity index is 4.36. The third-order valence-corrected chi connectivity index (χ3v) is 2.75. The van der Waals surface area contributed by atoms with Gasteiger partial charge >= 0.3 is 0 Å². The number of carbonyl (C=O) groups is 1. The Morgan fingerprint density at radius 1 is 1.20 bits per heavy atom. The van der Waals surface area contributed by atoms with E-state index in [1.807, 2.05) is 0 Å². The number of hydrogen-bond donors (Lipinski definition) is 0. The fraction of sp³-hybridized carbons (Fsp3) is 0.786. The Morgan fingerprint density at radius 2 is 1.80 bits per heavy atom. The normalized spacial score (nSPS) is 16.5. The first-order valence-electron chi connectivity index (χ1n) is 6.18. The van der Waals surface area contributed by atoms with Gasteiger partial charge in [0.2, 0.25) is 0 Å². The van der Waals surface area contributed by atoms with Crippen molar-refractivity contribution in [2.45, 2.75) is 53.9 Å². The smallest absolute Gasteiger partial charge is 0.145 e. The highest BCUT2D eigenvalue weighted by Crippen LogP contribution is 2.19. The number of hydrogen-bond acceptors (Lipinski definition) is 1. The van der Waals surface area contributed by atoms with Crippen LogP contribution in [0.1, 0.15) is 53.9 Å². The van der Waals surface area contributed by atoms with Gasteiger partial charge < -0.3 is 0 Å². The maximum Gasteiger partial charge on any atom is 0.145 e. The molecule has 0 bridgehead atoms. The molecule has 0 radical (unpaired) electrons. The lowest BCUT2D eigenvalue weighted by atomic mass is 9.91. The summed E-state index contributed by atoms with van der Waals surface area (Å²) in [5, 5.41) is 0. The van der Waals surface area contributed by atoms with Crippen LogP contribution >= 0.6 is 0 Å². The van der Waals surface area contributed by atoms with Gasteiger partial charge in [-0.15, -0.1) is 0 Å². The third kappa shape index (κ3) is 6.48. The largest absolute Gasteiger partial charge is 0.298 e. The molecule has 0 saturated heterocycles. The summed E-state index contributed by atoms with van der Waals surface area (Å²) >= 11 is 0. The molecule has 0 rings (SSSR count). The number of rotatable bonds is 7. The fourth-order valence-corrected chi connectivity index (χ4v) is 2.06. The van der Waals surface area contributed by atoms with Crippen molar-refractivity contribution >= 4 is 6.29 Å². The summed E-state index contributed by atoms with van der Waals surface area (Å²) in [5.41, 5.74) is 0.991. The van der Waals surface area contributed by atoms with Gasteiger partial charge in [0, 0.05) is 0 Å². The molecule has 2 atom stereocenters. The van der Waals surface area contributed by atoms with E-state index in [1.165, 1.54) is 0 Å². The molecule has 0 amide bonds. The van der Waals surface area contributed by atoms with E-state index in [-0.39, 0.29) is 0 Å². The van der Waals surface area contributed by atoms with Crippen molar-refractivity contribution in [1.82, 2.24) is 0 Å². The van der Waals surface area contributed by atoms with Crippen molar-refractivity contribution in [2.24, 2.45) is 17.8 Å². The molecule has 0 aliphatic carbocycles. The van der Waals surface area contributed by atoms with Crippen LogP contribution in [0.2, 0.25) is 0 Å². The molecule has 88 valence electrons. The molecular weight excluding hydrogens is 184 g/mol. The highest BCUT2D eigenvalue weighted by atomic mass is 16.1. The topological polar surface area (TPSA) is 17.1 Å². The van der Waals surface area contributed by atoms with Gasteiger partial charge in [-0.2, -0.15) is 0 Å². The second-order valence-electron chi connectivity index (χ2n) is 5.08. The van der Waals surface area contributed by atoms with E-state index in [1.54, 1.807) is 0 Å². The van der Waals surface area contributed by atoms with Crippen LogP contribution in [0.15, 0.2) is 11.6 Å². The predicted molar refractivity (Wildman–Crippen MR) is 66.8 cm³/mol. The summed E-state index contributed by atoms with van der Waals surface area (Å²) in [6, 6.07) is 0. The monoisotopic (exact) mass is 210 g/mol. The van der Waals surface area contributed by atoms with Crippen LogP contribution in [0.25, 0.3) is 0 Å². The van der Waals surface area contributed by atoms with Crippen molar-refractivity contribution in [2.75, 3.05) is 0 Å². The summed E-state index contributed by atoms with van der Waals surface area (Å²) in [6.07, 6.45) is 6.62. The summed E-state index contributed by atoms with van der Waals surface area (Å²) in [4.78, 5) is 11.0. The number of allylic oxidation sites excluding steroid dienone is 2. The van der Waals surface area contributed by atoms with E-state index in [9.17, 15) is 4.79 Å². The Hall–Kier alpha value is -0.590. The van der Waals surface area contributed by atoms with Crippen LogP contribution in [-0.4, -0.2) is 6.29 Å². The van der Waals surface area contributed by atoms with E-state index in [0.29, 0.717) is 17.8 Å². The molecule has 0 spiro atoms. The highest BCUT2D eigenvalue weighted by molar-refractivity contribution is 5.73. The van der Waals surface area contributed by atoms with Gasteiger partial charge in [-0.1, -0.05) is 47.1 Å². The van der Waals surface area contributed by atoms with Gasteiger partial charge in [-0.05, 0) is 36.2 Å². The first-order chi connectivity index (χ1) is 7.01. The Kier molecular flexibility index (Phi) is 7.37. The lowest BCUT2D eigenvalue weighted by Crippen LogP contribution is -2.05. The molecule has 0 aliphatic rings. The zero-order valence-corrected chi connectivity index (χ0v) is 10.9. The van der Waals surface area contributed by atoms with Gasteiger partial charge in [0.05, 0.1) is 0 Å². The summed E-state index contributed by atoms with van der Waals surface area (Å²) in [7, 11) is 0. The SMILES string of the molecule is CCCC(C)C(C=O)=CC(C)CC(C)C. The highest BCUT2D eigenvalue weighted by Gasteiger charge is 2.09. The Bertz CT molecular complexity index is 203. The molecule has 0 aromatic heterocycles. The van der Waals surface area contributed by atoms with E-state index in [2.05, 4.69) is 40.7 Å². The van der Waals surface area contributed by atoms with Crippen LogP contribution in [0, 0.1) is 17.8 Å². The van der Waals surface area contributed by atoms with Gasteiger partial charge in [-0.3, -0.25) is 4.79 Å². The van der Waals surface area contributed by atoms with Gasteiger partial charge in [0.25, 0.3) is 0 Å². The van der Waals surface area contributed by atoms with Crippen molar-refractivity contribution < 1.29 is 4.79 Å². The van der Waals surface area contributed by atoms with Crippen molar-refractivity contribution in [1.29, 1.82) is 0 Å². The summed E-state index contributed by atoms with van der Waals surface area (Å²) < 4.78 is 0. The van der Waals surface area contributed by atoms with Crippen LogP contribution in [0.3, 0.4) is 0 Å². The quantitative estimate of drug-likeness (QED) is 0.454. The predicted octanol–water partition coefficient (Wildman–Crippen LogP) is 4.23. The molecule has 0 fully saturated rings. The van der Waals surface area contributed by atoms with Crippen LogP contribution in [-0.2, 0) is 4.79 Å². The fourth-order valence-electron chi connectivity index (χ4n) is 2.06. The lowest BCUT2D eigenvalue weighted by molar-refractivity contribution is -0.105. The molecule has 0 aromatic carbocycles. The maximum atomic E-state index is 11.0. The van der Waals surface area contributed by atoms with Gasteiger partial charge in [0.15, 0.2) is 0 Å². The lowest BCUT2D eigenvalue weighted by Gasteiger charge is -2.14. The molecule has 0 saturated carbocycles. The third-order valence-electron chi connectivity index (χ3n) is 2.75. The molecule has 1 nitrogen and oxygen atoms in total. The van der Waals surface area contributed by atoms with Crippen molar-refractivity contribution in [3.63, 3.8) is 0 Å². The Morgan fingerprint density at radius 3 is 2.20 bits per heavy atom. The standard InChI is InChI=1S/C14H26O/c1-6-7-13(5)14(10-15)9-12(4)8-11(2)3/h9-13H,6-8H2,1-5H3. The molecule has 0 aromatic rings. The molecule has 2 unspecified atom stereocenters. The average Bonchev–Trinajstić information content (AvgIpc) is 2.13. The van der Waals surface area contributed by atoms with Crippen molar-refractivity contribution in [3.05, 3.63) is 11.6 Å². The number of carbonyl (C=O) groups excluding carboxylic acids is 1. The molecule has 15 heavy (non-hydrogen) atoms. The average molecular weight is 210 g/mol. The minimum atomic E-state index is 0.419. The van der Waals surface area contributed by atoms with Crippen LogP contribution in [0.4, 0.5) is 0 Å². The van der Waals surface area contributed by atoms with Gasteiger partial charge in [-0.25, -0.2) is 0 Å². The first kappa shape index (κ1) is 14.4. The molecular formula is C14H26O. The summed E-state index contributed by atoms with van der Waals surface area (Å²) in [5.74, 6) is 1.64. The minimum Gasteiger partial charge on any atom is -0.298 e. The first-order valence-corrected chi connectivity index (χ1v) is 6.18.